The predicted octanol–water partition coefficient (Wildman–Crippen LogP) is 2.60. The Balaban J connectivity index is 1.52. The Kier molecular flexibility index (Phi) is 5.40. The Morgan fingerprint density at radius 3 is 2.44 bits per heavy atom. The average molecular weight is 337 g/mol. The second-order valence-electron chi connectivity index (χ2n) is 7.09. The molecule has 0 N–H and O–H groups in total. The number of aromatic nitrogens is 1. The first-order valence-corrected chi connectivity index (χ1v) is 9.39. The molecule has 1 aromatic carbocycles. The maximum atomic E-state index is 5.57. The Bertz CT molecular complexity index is 643. The summed E-state index contributed by atoms with van der Waals surface area (Å²) in [6, 6.07) is 16.4. The van der Waals surface area contributed by atoms with E-state index in [2.05, 4.69) is 57.2 Å². The summed E-state index contributed by atoms with van der Waals surface area (Å²) in [5.41, 5.74) is 2.79. The maximum absolute atomic E-state index is 5.57. The highest BCUT2D eigenvalue weighted by Crippen LogP contribution is 2.28. The van der Waals surface area contributed by atoms with Gasteiger partial charge in [0.2, 0.25) is 0 Å². The summed E-state index contributed by atoms with van der Waals surface area (Å²) in [7, 11) is 0. The minimum absolute atomic E-state index is 0.564. The molecule has 3 heterocycles. The predicted molar refractivity (Wildman–Crippen MR) is 99.4 cm³/mol. The molecule has 2 aliphatic rings. The van der Waals surface area contributed by atoms with Gasteiger partial charge in [0, 0.05) is 50.7 Å². The van der Waals surface area contributed by atoms with Crippen molar-refractivity contribution >= 4 is 0 Å². The summed E-state index contributed by atoms with van der Waals surface area (Å²) < 4.78 is 5.57. The van der Waals surface area contributed by atoms with Gasteiger partial charge < -0.3 is 4.74 Å². The van der Waals surface area contributed by atoms with E-state index >= 15 is 0 Å². The van der Waals surface area contributed by atoms with Gasteiger partial charge in [-0.1, -0.05) is 30.3 Å². The fraction of sp³-hybridized carbons (Fsp3) is 0.476. The minimum atomic E-state index is 0.564. The molecule has 0 bridgehead atoms. The van der Waals surface area contributed by atoms with E-state index < -0.39 is 0 Å². The molecule has 0 saturated carbocycles. The van der Waals surface area contributed by atoms with Gasteiger partial charge in [-0.15, -0.1) is 0 Å². The van der Waals surface area contributed by atoms with Gasteiger partial charge in [0.15, 0.2) is 0 Å². The molecule has 2 fully saturated rings. The molecule has 0 spiro atoms. The van der Waals surface area contributed by atoms with Crippen LogP contribution in [0.1, 0.15) is 17.5 Å². The topological polar surface area (TPSA) is 28.6 Å². The lowest BCUT2D eigenvalue weighted by Crippen LogP contribution is -2.50. The van der Waals surface area contributed by atoms with E-state index in [-0.39, 0.29) is 0 Å². The number of rotatable bonds is 5. The van der Waals surface area contributed by atoms with Crippen molar-refractivity contribution in [2.45, 2.75) is 31.5 Å². The lowest BCUT2D eigenvalue weighted by Gasteiger charge is -2.37. The standard InChI is InChI=1S/C21H27N3O/c1-2-4-18(5-3-1)16-21-20(23-12-14-25-15-13-23)8-11-24(21)17-19-6-9-22-10-7-19/h1-7,9-10,20-21H,8,11-17H2/t20-,21+/m0/s1. The lowest BCUT2D eigenvalue weighted by molar-refractivity contribution is 0.00789. The summed E-state index contributed by atoms with van der Waals surface area (Å²) >= 11 is 0. The molecule has 0 aliphatic carbocycles. The first-order chi connectivity index (χ1) is 12.4. The van der Waals surface area contributed by atoms with E-state index in [0.29, 0.717) is 12.1 Å². The van der Waals surface area contributed by atoms with Crippen molar-refractivity contribution in [3.05, 3.63) is 66.0 Å². The number of likely N-dealkylation sites (tertiary alicyclic amines) is 1. The second kappa shape index (κ2) is 8.09. The highest BCUT2D eigenvalue weighted by Gasteiger charge is 2.37. The number of benzene rings is 1. The quantitative estimate of drug-likeness (QED) is 0.838. The molecule has 2 aromatic rings. The number of hydrogen-bond donors (Lipinski definition) is 0. The fourth-order valence-electron chi connectivity index (χ4n) is 4.27. The van der Waals surface area contributed by atoms with Crippen molar-refractivity contribution in [1.29, 1.82) is 0 Å². The molecule has 1 aromatic heterocycles. The van der Waals surface area contributed by atoms with Crippen LogP contribution in [-0.2, 0) is 17.7 Å². The molecular weight excluding hydrogens is 310 g/mol. The molecule has 2 saturated heterocycles. The van der Waals surface area contributed by atoms with Crippen LogP contribution in [-0.4, -0.2) is 59.7 Å². The van der Waals surface area contributed by atoms with Gasteiger partial charge in [-0.25, -0.2) is 0 Å². The zero-order chi connectivity index (χ0) is 16.9. The van der Waals surface area contributed by atoms with Crippen LogP contribution in [0, 0.1) is 0 Å². The van der Waals surface area contributed by atoms with Gasteiger partial charge in [-0.3, -0.25) is 14.8 Å². The molecule has 0 radical (unpaired) electrons. The van der Waals surface area contributed by atoms with E-state index in [1.54, 1.807) is 0 Å². The smallest absolute Gasteiger partial charge is 0.0594 e. The highest BCUT2D eigenvalue weighted by atomic mass is 16.5. The normalized spacial score (nSPS) is 25.3. The zero-order valence-electron chi connectivity index (χ0n) is 14.8. The maximum Gasteiger partial charge on any atom is 0.0594 e. The van der Waals surface area contributed by atoms with Crippen LogP contribution in [0.4, 0.5) is 0 Å². The van der Waals surface area contributed by atoms with Crippen molar-refractivity contribution in [1.82, 2.24) is 14.8 Å². The monoisotopic (exact) mass is 337 g/mol. The summed E-state index contributed by atoms with van der Waals surface area (Å²) in [5.74, 6) is 0. The Labute approximate surface area is 150 Å². The van der Waals surface area contributed by atoms with Crippen molar-refractivity contribution in [2.24, 2.45) is 0 Å². The van der Waals surface area contributed by atoms with Crippen LogP contribution in [0.3, 0.4) is 0 Å². The Hall–Kier alpha value is -1.75. The van der Waals surface area contributed by atoms with Crippen LogP contribution in [0.15, 0.2) is 54.9 Å². The summed E-state index contributed by atoms with van der Waals surface area (Å²) in [5, 5.41) is 0. The molecule has 25 heavy (non-hydrogen) atoms. The molecular formula is C21H27N3O. The Morgan fingerprint density at radius 1 is 0.920 bits per heavy atom. The van der Waals surface area contributed by atoms with Crippen molar-refractivity contribution in [2.75, 3.05) is 32.8 Å². The van der Waals surface area contributed by atoms with E-state index in [4.69, 9.17) is 4.74 Å². The summed E-state index contributed by atoms with van der Waals surface area (Å²) in [6.45, 7) is 6.07. The third-order valence-corrected chi connectivity index (χ3v) is 5.56. The first-order valence-electron chi connectivity index (χ1n) is 9.39. The van der Waals surface area contributed by atoms with Gasteiger partial charge in [-0.2, -0.15) is 0 Å². The zero-order valence-corrected chi connectivity index (χ0v) is 14.8. The third kappa shape index (κ3) is 4.09. The lowest BCUT2D eigenvalue weighted by atomic mass is 9.98. The van der Waals surface area contributed by atoms with Crippen LogP contribution in [0.5, 0.6) is 0 Å². The number of pyridine rings is 1. The van der Waals surface area contributed by atoms with Gasteiger partial charge >= 0.3 is 0 Å². The van der Waals surface area contributed by atoms with E-state index in [1.165, 1.54) is 24.1 Å². The average Bonchev–Trinajstić information content (AvgIpc) is 3.06. The first kappa shape index (κ1) is 16.7. The number of ether oxygens (including phenoxy) is 1. The van der Waals surface area contributed by atoms with Crippen molar-refractivity contribution < 1.29 is 4.74 Å². The van der Waals surface area contributed by atoms with Gasteiger partial charge in [-0.05, 0) is 36.1 Å². The van der Waals surface area contributed by atoms with Crippen molar-refractivity contribution in [3.8, 4) is 0 Å². The SMILES string of the molecule is c1ccc(C[C@@H]2[C@@H](N3CCOCC3)CCN2Cc2ccncc2)cc1. The van der Waals surface area contributed by atoms with E-state index in [9.17, 15) is 0 Å². The molecule has 2 atom stereocenters. The second-order valence-corrected chi connectivity index (χ2v) is 7.09. The van der Waals surface area contributed by atoms with Gasteiger partial charge in [0.25, 0.3) is 0 Å². The van der Waals surface area contributed by atoms with Crippen LogP contribution >= 0.6 is 0 Å². The molecule has 132 valence electrons. The largest absolute Gasteiger partial charge is 0.379 e. The Morgan fingerprint density at radius 2 is 1.68 bits per heavy atom. The number of nitrogens with zero attached hydrogens (tertiary/aromatic N) is 3. The number of morpholine rings is 1. The van der Waals surface area contributed by atoms with Crippen LogP contribution in [0.25, 0.3) is 0 Å². The summed E-state index contributed by atoms with van der Waals surface area (Å²) in [4.78, 5) is 9.48. The molecule has 0 amide bonds. The fourth-order valence-corrected chi connectivity index (χ4v) is 4.27. The molecule has 0 unspecified atom stereocenters. The molecule has 2 aliphatic heterocycles. The molecule has 4 rings (SSSR count). The van der Waals surface area contributed by atoms with Crippen LogP contribution in [0.2, 0.25) is 0 Å². The van der Waals surface area contributed by atoms with Crippen molar-refractivity contribution in [3.63, 3.8) is 0 Å². The molecule has 4 nitrogen and oxygen atoms in total. The van der Waals surface area contributed by atoms with Gasteiger partial charge in [0.1, 0.15) is 0 Å². The van der Waals surface area contributed by atoms with Gasteiger partial charge in [0.05, 0.1) is 13.2 Å². The van der Waals surface area contributed by atoms with E-state index in [1.807, 2.05) is 12.4 Å². The highest BCUT2D eigenvalue weighted by molar-refractivity contribution is 5.18. The summed E-state index contributed by atoms with van der Waals surface area (Å²) in [6.07, 6.45) is 6.17. The third-order valence-electron chi connectivity index (χ3n) is 5.56. The number of hydrogen-bond acceptors (Lipinski definition) is 4. The van der Waals surface area contributed by atoms with Crippen LogP contribution < -0.4 is 0 Å². The minimum Gasteiger partial charge on any atom is -0.379 e. The van der Waals surface area contributed by atoms with E-state index in [0.717, 1.165) is 39.3 Å². The molecule has 4 heteroatoms.